The molecular formula is C13H14N2O3S2. The highest BCUT2D eigenvalue weighted by molar-refractivity contribution is 7.17. The summed E-state index contributed by atoms with van der Waals surface area (Å²) in [7, 11) is 0. The predicted molar refractivity (Wildman–Crippen MR) is 79.5 cm³/mol. The van der Waals surface area contributed by atoms with Gasteiger partial charge in [0.2, 0.25) is 5.91 Å². The summed E-state index contributed by atoms with van der Waals surface area (Å²) in [6.45, 7) is 3.78. The van der Waals surface area contributed by atoms with E-state index in [1.807, 2.05) is 17.5 Å². The largest absolute Gasteiger partial charge is 0.462 e. The van der Waals surface area contributed by atoms with Crippen LogP contribution in [0, 0.1) is 6.92 Å². The number of rotatable bonds is 5. The van der Waals surface area contributed by atoms with Crippen molar-refractivity contribution >= 4 is 39.7 Å². The second kappa shape index (κ2) is 6.62. The van der Waals surface area contributed by atoms with Gasteiger partial charge in [-0.25, -0.2) is 9.78 Å². The molecule has 0 aliphatic rings. The van der Waals surface area contributed by atoms with Gasteiger partial charge in [-0.2, -0.15) is 0 Å². The molecule has 2 aromatic heterocycles. The molecule has 5 nitrogen and oxygen atoms in total. The molecule has 2 heterocycles. The first-order valence-corrected chi connectivity index (χ1v) is 7.76. The lowest BCUT2D eigenvalue weighted by Crippen LogP contribution is -2.13. The molecule has 2 aromatic rings. The third kappa shape index (κ3) is 3.64. The number of esters is 1. The minimum atomic E-state index is -0.402. The van der Waals surface area contributed by atoms with Crippen molar-refractivity contribution in [1.29, 1.82) is 0 Å². The smallest absolute Gasteiger partial charge is 0.350 e. The van der Waals surface area contributed by atoms with Crippen LogP contribution in [0.5, 0.6) is 0 Å². The number of thiazole rings is 1. The van der Waals surface area contributed by atoms with Crippen LogP contribution in [-0.2, 0) is 16.0 Å². The third-order valence-corrected chi connectivity index (χ3v) is 4.35. The number of anilines is 1. The molecule has 1 N–H and O–H groups in total. The minimum absolute atomic E-state index is 0.142. The van der Waals surface area contributed by atoms with Gasteiger partial charge in [0.1, 0.15) is 4.88 Å². The maximum atomic E-state index is 11.8. The number of thiophene rings is 1. The van der Waals surface area contributed by atoms with Crippen LogP contribution in [-0.4, -0.2) is 23.5 Å². The molecule has 0 fully saturated rings. The van der Waals surface area contributed by atoms with E-state index in [0.717, 1.165) is 16.2 Å². The van der Waals surface area contributed by atoms with E-state index in [0.29, 0.717) is 28.7 Å². The van der Waals surface area contributed by atoms with Crippen LogP contribution < -0.4 is 5.32 Å². The lowest BCUT2D eigenvalue weighted by Gasteiger charge is -1.99. The molecule has 0 atom stereocenters. The number of aryl methyl sites for hydroxylation is 1. The molecule has 0 aromatic carbocycles. The van der Waals surface area contributed by atoms with Gasteiger partial charge in [0.05, 0.1) is 18.7 Å². The summed E-state index contributed by atoms with van der Waals surface area (Å²) in [4.78, 5) is 29.1. The van der Waals surface area contributed by atoms with Crippen molar-refractivity contribution < 1.29 is 14.3 Å². The van der Waals surface area contributed by atoms with Crippen molar-refractivity contribution in [3.63, 3.8) is 0 Å². The Labute approximate surface area is 124 Å². The van der Waals surface area contributed by atoms with Crippen molar-refractivity contribution in [2.45, 2.75) is 20.3 Å². The van der Waals surface area contributed by atoms with Crippen LogP contribution in [0.1, 0.15) is 27.2 Å². The average Bonchev–Trinajstić information content (AvgIpc) is 2.99. The number of nitrogens with one attached hydrogen (secondary N) is 1. The predicted octanol–water partition coefficient (Wildman–Crippen LogP) is 2.87. The quantitative estimate of drug-likeness (QED) is 0.862. The molecule has 0 bridgehead atoms. The summed E-state index contributed by atoms with van der Waals surface area (Å²) in [5.74, 6) is -0.544. The Bertz CT molecular complexity index is 605. The van der Waals surface area contributed by atoms with Crippen molar-refractivity contribution in [2.24, 2.45) is 0 Å². The van der Waals surface area contributed by atoms with E-state index in [1.165, 1.54) is 11.3 Å². The first-order chi connectivity index (χ1) is 9.60. The molecule has 0 aliphatic carbocycles. The zero-order valence-electron chi connectivity index (χ0n) is 11.1. The number of ether oxygens (including phenoxy) is 1. The molecule has 0 unspecified atom stereocenters. The fourth-order valence-corrected chi connectivity index (χ4v) is 3.15. The SMILES string of the molecule is CCOC(=O)c1sc(NC(=O)Cc2cccs2)nc1C. The van der Waals surface area contributed by atoms with E-state index in [4.69, 9.17) is 4.74 Å². The standard InChI is InChI=1S/C13H14N2O3S2/c1-3-18-12(17)11-8(2)14-13(20-11)15-10(16)7-9-5-4-6-19-9/h4-6H,3,7H2,1-2H3,(H,14,15,16). The highest BCUT2D eigenvalue weighted by atomic mass is 32.1. The molecule has 0 saturated carbocycles. The van der Waals surface area contributed by atoms with E-state index in [9.17, 15) is 9.59 Å². The molecule has 20 heavy (non-hydrogen) atoms. The lowest BCUT2D eigenvalue weighted by atomic mass is 10.3. The second-order valence-corrected chi connectivity index (χ2v) is 5.99. The van der Waals surface area contributed by atoms with Gasteiger partial charge in [-0.3, -0.25) is 4.79 Å². The third-order valence-electron chi connectivity index (χ3n) is 2.42. The fourth-order valence-electron chi connectivity index (χ4n) is 1.57. The van der Waals surface area contributed by atoms with E-state index < -0.39 is 5.97 Å². The minimum Gasteiger partial charge on any atom is -0.462 e. The molecule has 2 rings (SSSR count). The molecule has 0 radical (unpaired) electrons. The zero-order valence-corrected chi connectivity index (χ0v) is 12.8. The van der Waals surface area contributed by atoms with Crippen molar-refractivity contribution in [3.8, 4) is 0 Å². The second-order valence-electron chi connectivity index (χ2n) is 3.96. The number of amides is 1. The van der Waals surface area contributed by atoms with Gasteiger partial charge in [-0.05, 0) is 25.3 Å². The van der Waals surface area contributed by atoms with E-state index in [1.54, 1.807) is 13.8 Å². The Morgan fingerprint density at radius 1 is 1.45 bits per heavy atom. The summed E-state index contributed by atoms with van der Waals surface area (Å²) in [5.41, 5.74) is 0.569. The van der Waals surface area contributed by atoms with E-state index in [-0.39, 0.29) is 5.91 Å². The summed E-state index contributed by atoms with van der Waals surface area (Å²) in [5, 5.41) is 5.05. The monoisotopic (exact) mass is 310 g/mol. The fraction of sp³-hybridized carbons (Fsp3) is 0.308. The van der Waals surface area contributed by atoms with E-state index in [2.05, 4.69) is 10.3 Å². The Morgan fingerprint density at radius 3 is 2.90 bits per heavy atom. The van der Waals surface area contributed by atoms with Crippen LogP contribution in [0.4, 0.5) is 5.13 Å². The molecule has 0 aliphatic heterocycles. The van der Waals surface area contributed by atoms with Crippen LogP contribution in [0.15, 0.2) is 17.5 Å². The zero-order chi connectivity index (χ0) is 14.5. The van der Waals surface area contributed by atoms with Crippen molar-refractivity contribution in [2.75, 3.05) is 11.9 Å². The van der Waals surface area contributed by atoms with Gasteiger partial charge in [0, 0.05) is 4.88 Å². The van der Waals surface area contributed by atoms with Crippen LogP contribution in [0.3, 0.4) is 0 Å². The number of nitrogens with zero attached hydrogens (tertiary/aromatic N) is 1. The number of carbonyl (C=O) groups is 2. The van der Waals surface area contributed by atoms with Crippen LogP contribution >= 0.6 is 22.7 Å². The average molecular weight is 310 g/mol. The number of hydrogen-bond acceptors (Lipinski definition) is 6. The number of hydrogen-bond donors (Lipinski definition) is 1. The number of carbonyl (C=O) groups excluding carboxylic acids is 2. The molecule has 106 valence electrons. The summed E-state index contributed by atoms with van der Waals surface area (Å²) in [6.07, 6.45) is 0.311. The summed E-state index contributed by atoms with van der Waals surface area (Å²) < 4.78 is 4.93. The Balaban J connectivity index is 2.01. The molecule has 1 amide bonds. The van der Waals surface area contributed by atoms with Crippen molar-refractivity contribution in [3.05, 3.63) is 33.0 Å². The number of aromatic nitrogens is 1. The summed E-state index contributed by atoms with van der Waals surface area (Å²) in [6, 6.07) is 3.81. The first-order valence-electron chi connectivity index (χ1n) is 6.07. The van der Waals surface area contributed by atoms with Gasteiger partial charge in [-0.15, -0.1) is 11.3 Å². The highest BCUT2D eigenvalue weighted by Crippen LogP contribution is 2.23. The normalized spacial score (nSPS) is 10.3. The van der Waals surface area contributed by atoms with Gasteiger partial charge < -0.3 is 10.1 Å². The molecular weight excluding hydrogens is 296 g/mol. The van der Waals surface area contributed by atoms with Gasteiger partial charge in [0.15, 0.2) is 5.13 Å². The Morgan fingerprint density at radius 2 is 2.25 bits per heavy atom. The molecule has 0 saturated heterocycles. The Kier molecular flexibility index (Phi) is 4.86. The van der Waals surface area contributed by atoms with Crippen molar-refractivity contribution in [1.82, 2.24) is 4.98 Å². The van der Waals surface area contributed by atoms with Gasteiger partial charge in [0.25, 0.3) is 0 Å². The van der Waals surface area contributed by atoms with Crippen LogP contribution in [0.2, 0.25) is 0 Å². The highest BCUT2D eigenvalue weighted by Gasteiger charge is 2.17. The van der Waals surface area contributed by atoms with Gasteiger partial charge in [-0.1, -0.05) is 17.4 Å². The maximum absolute atomic E-state index is 11.8. The lowest BCUT2D eigenvalue weighted by molar-refractivity contribution is -0.115. The Hall–Kier alpha value is -1.73. The topological polar surface area (TPSA) is 68.3 Å². The summed E-state index contributed by atoms with van der Waals surface area (Å²) >= 11 is 2.66. The van der Waals surface area contributed by atoms with Crippen LogP contribution in [0.25, 0.3) is 0 Å². The molecule has 7 heteroatoms. The van der Waals surface area contributed by atoms with E-state index >= 15 is 0 Å². The first kappa shape index (κ1) is 14.7. The van der Waals surface area contributed by atoms with Gasteiger partial charge >= 0.3 is 5.97 Å². The maximum Gasteiger partial charge on any atom is 0.350 e. The molecule has 0 spiro atoms.